The Balaban J connectivity index is -0.000000131. The third-order valence-corrected chi connectivity index (χ3v) is 1.17. The van der Waals surface area contributed by atoms with Gasteiger partial charge in [0.25, 0.3) is 0 Å². The average Bonchev–Trinajstić information content (AvgIpc) is 2.87. The van der Waals surface area contributed by atoms with Crippen LogP contribution in [0.3, 0.4) is 0 Å². The molecule has 2 aliphatic carbocycles. The molecule has 0 aromatic heterocycles. The first-order valence-electron chi connectivity index (χ1n) is 3.79. The Labute approximate surface area is 106 Å². The van der Waals surface area contributed by atoms with Gasteiger partial charge in [0.05, 0.1) is 0 Å². The Morgan fingerprint density at radius 3 is 1.29 bits per heavy atom. The quantitative estimate of drug-likeness (QED) is 0.473. The Morgan fingerprint density at radius 2 is 1.21 bits per heavy atom. The summed E-state index contributed by atoms with van der Waals surface area (Å²) in [5.74, 6) is 0. The number of hydrogen-bond donors (Lipinski definition) is 0. The van der Waals surface area contributed by atoms with Crippen LogP contribution in [-0.2, 0) is 23.3 Å². The van der Waals surface area contributed by atoms with E-state index < -0.39 is 0 Å². The molecule has 0 radical (unpaired) electrons. The van der Waals surface area contributed by atoms with Crippen LogP contribution in [0.5, 0.6) is 0 Å². The van der Waals surface area contributed by atoms with Crippen molar-refractivity contribution in [3.63, 3.8) is 0 Å². The van der Waals surface area contributed by atoms with Crippen LogP contribution in [0.2, 0.25) is 0 Å². The van der Waals surface area contributed by atoms with Gasteiger partial charge in [-0.1, -0.05) is 0 Å². The minimum atomic E-state index is 0. The molecule has 0 unspecified atom stereocenters. The average molecular weight is 282 g/mol. The molecule has 14 heavy (non-hydrogen) atoms. The van der Waals surface area contributed by atoms with E-state index in [1.54, 1.807) is 23.3 Å². The molecule has 0 saturated heterocycles. The maximum atomic E-state index is 2.99. The van der Waals surface area contributed by atoms with Crippen molar-refractivity contribution in [3.8, 4) is 0 Å². The molecule has 0 aromatic rings. The van der Waals surface area contributed by atoms with Gasteiger partial charge in [0.15, 0.2) is 0 Å². The van der Waals surface area contributed by atoms with Gasteiger partial charge in [-0.15, -0.1) is 12.8 Å². The van der Waals surface area contributed by atoms with Gasteiger partial charge in [-0.05, 0) is 0 Å². The van der Waals surface area contributed by atoms with Crippen molar-refractivity contribution in [2.45, 2.75) is 12.8 Å². The summed E-state index contributed by atoms with van der Waals surface area (Å²) >= 11 is 1.58. The van der Waals surface area contributed by atoms with Crippen LogP contribution in [0.15, 0.2) is 36.5 Å². The van der Waals surface area contributed by atoms with Gasteiger partial charge >= 0.3 is 30.2 Å². The number of rotatable bonds is 0. The summed E-state index contributed by atoms with van der Waals surface area (Å²) in [6, 6.07) is 0. The van der Waals surface area contributed by atoms with E-state index >= 15 is 0 Å². The van der Waals surface area contributed by atoms with Crippen LogP contribution >= 0.6 is 0 Å². The molecule has 2 rings (SSSR count). The molecule has 2 heteroatoms. The molecule has 2 aliphatic rings. The Bertz CT molecular complexity index is 160. The first kappa shape index (κ1) is 19.6. The molecule has 0 bridgehead atoms. The van der Waals surface area contributed by atoms with E-state index in [4.69, 9.17) is 0 Å². The van der Waals surface area contributed by atoms with E-state index in [2.05, 4.69) is 24.3 Å². The molecule has 0 fully saturated rings. The fourth-order valence-corrected chi connectivity index (χ4v) is 0.680. The zero-order valence-corrected chi connectivity index (χ0v) is 13.0. The van der Waals surface area contributed by atoms with Crippen molar-refractivity contribution in [2.75, 3.05) is 0 Å². The number of hydrogen-bond acceptors (Lipinski definition) is 0. The molecular formula is C12H18SiZr-4. The zero-order valence-electron chi connectivity index (χ0n) is 9.09. The molecule has 0 nitrogen and oxygen atoms in total. The summed E-state index contributed by atoms with van der Waals surface area (Å²) in [5, 5.41) is 0. The summed E-state index contributed by atoms with van der Waals surface area (Å²) < 4.78 is 0. The van der Waals surface area contributed by atoms with Crippen molar-refractivity contribution >= 4 is 6.88 Å². The van der Waals surface area contributed by atoms with Crippen molar-refractivity contribution in [1.29, 1.82) is 0 Å². The molecule has 0 N–H and O–H groups in total. The van der Waals surface area contributed by atoms with Gasteiger partial charge in [0.2, 0.25) is 0 Å². The van der Waals surface area contributed by atoms with Gasteiger partial charge in [0.1, 0.15) is 0 Å². The summed E-state index contributed by atoms with van der Waals surface area (Å²) in [4.78, 5) is 0. The first-order valence-corrected chi connectivity index (χ1v) is 9.71. The van der Waals surface area contributed by atoms with Crippen LogP contribution < -0.4 is 0 Å². The fraction of sp³-hybridized carbons (Fsp3) is 0.167. The molecule has 0 aliphatic heterocycles. The predicted octanol–water partition coefficient (Wildman–Crippen LogP) is 2.59. The van der Waals surface area contributed by atoms with Crippen LogP contribution in [0.25, 0.3) is 0 Å². The number of allylic oxidation sites excluding steroid dienone is 8. The van der Waals surface area contributed by atoms with E-state index in [9.17, 15) is 0 Å². The molecule has 0 spiro atoms. The monoisotopic (exact) mass is 280 g/mol. The standard InChI is InChI=1S/2C5H5.2CH3.H2Si.Zr/c2*1-2-4-5-3-1;;;;/h2*1-3H,4H2;2*1H3;1H2;/q4*-1;;. The second kappa shape index (κ2) is 18.8. The zero-order chi connectivity index (χ0) is 9.07. The normalized spacial score (nSPS) is 12.8. The van der Waals surface area contributed by atoms with E-state index in [1.807, 2.05) is 31.2 Å². The molecule has 0 saturated carbocycles. The van der Waals surface area contributed by atoms with E-state index in [0.717, 1.165) is 12.8 Å². The van der Waals surface area contributed by atoms with Crippen LogP contribution in [-0.4, -0.2) is 6.88 Å². The molecule has 78 valence electrons. The maximum absolute atomic E-state index is 2.99. The van der Waals surface area contributed by atoms with Crippen LogP contribution in [0.1, 0.15) is 12.8 Å². The molecule has 0 atom stereocenters. The van der Waals surface area contributed by atoms with Gasteiger partial charge in [-0.3, -0.25) is 12.2 Å². The fourth-order valence-electron chi connectivity index (χ4n) is 0.680. The van der Waals surface area contributed by atoms with Crippen molar-refractivity contribution in [1.82, 2.24) is 0 Å². The summed E-state index contributed by atoms with van der Waals surface area (Å²) in [6.45, 7) is 1.95. The topological polar surface area (TPSA) is 0 Å². The van der Waals surface area contributed by atoms with Crippen LogP contribution in [0, 0.1) is 27.0 Å². The predicted molar refractivity (Wildman–Crippen MR) is 64.5 cm³/mol. The molecule has 0 amide bonds. The molecular weight excluding hydrogens is 263 g/mol. The summed E-state index contributed by atoms with van der Waals surface area (Å²) in [6.07, 6.45) is 20.0. The van der Waals surface area contributed by atoms with Gasteiger partial charge < -0.3 is 14.9 Å². The van der Waals surface area contributed by atoms with Crippen molar-refractivity contribution in [3.05, 3.63) is 63.5 Å². The van der Waals surface area contributed by atoms with E-state index in [0.29, 0.717) is 0 Å². The van der Waals surface area contributed by atoms with Gasteiger partial charge in [0, 0.05) is 0 Å². The Morgan fingerprint density at radius 1 is 0.857 bits per heavy atom. The second-order valence-corrected chi connectivity index (χ2v) is 2.01. The minimum absolute atomic E-state index is 0. The van der Waals surface area contributed by atoms with Gasteiger partial charge in [-0.25, -0.2) is 24.3 Å². The SMILES string of the molecule is [C-]1=CC=CC1.[C-]1=CC=CC1.[CH3-].[CH3-].[SiH2]=[Zr]. The van der Waals surface area contributed by atoms with E-state index in [1.165, 1.54) is 0 Å². The molecule has 0 aromatic carbocycles. The van der Waals surface area contributed by atoms with Crippen molar-refractivity contribution in [2.24, 2.45) is 0 Å². The molecule has 0 heterocycles. The Hall–Kier alpha value is 0.0600. The summed E-state index contributed by atoms with van der Waals surface area (Å²) in [7, 11) is 0. The third kappa shape index (κ3) is 14.6. The van der Waals surface area contributed by atoms with Gasteiger partial charge in [-0.2, -0.15) is 12.2 Å². The van der Waals surface area contributed by atoms with E-state index in [-0.39, 0.29) is 14.9 Å². The summed E-state index contributed by atoms with van der Waals surface area (Å²) in [5.41, 5.74) is 0. The first-order chi connectivity index (χ1) is 6.00. The second-order valence-electron chi connectivity index (χ2n) is 2.01. The van der Waals surface area contributed by atoms with Crippen LogP contribution in [0.4, 0.5) is 0 Å². The Kier molecular flexibility index (Phi) is 26.3. The third-order valence-electron chi connectivity index (χ3n) is 1.17. The van der Waals surface area contributed by atoms with Crippen molar-refractivity contribution < 1.29 is 23.3 Å².